The summed E-state index contributed by atoms with van der Waals surface area (Å²) in [4.78, 5) is 8.15. The van der Waals surface area contributed by atoms with Gasteiger partial charge in [0, 0.05) is 55.0 Å². The predicted octanol–water partition coefficient (Wildman–Crippen LogP) is 2.48. The number of aryl methyl sites for hydroxylation is 1. The Hall–Kier alpha value is -1.90. The second-order valence-corrected chi connectivity index (χ2v) is 7.76. The Bertz CT molecular complexity index is 928. The van der Waals surface area contributed by atoms with E-state index >= 15 is 0 Å². The highest BCUT2D eigenvalue weighted by Gasteiger charge is 2.44. The lowest BCUT2D eigenvalue weighted by atomic mass is 9.86. The maximum Gasteiger partial charge on any atom is 0.232 e. The first kappa shape index (κ1) is 24.4. The number of benzene rings is 1. The van der Waals surface area contributed by atoms with Gasteiger partial charge in [-0.05, 0) is 24.5 Å². The van der Waals surface area contributed by atoms with E-state index in [2.05, 4.69) is 38.2 Å². The van der Waals surface area contributed by atoms with Crippen molar-refractivity contribution in [3.05, 3.63) is 54.6 Å². The molecule has 1 fully saturated rings. The zero-order valence-electron chi connectivity index (χ0n) is 16.8. The summed E-state index contributed by atoms with van der Waals surface area (Å²) in [5.74, 6) is 0.451. The van der Waals surface area contributed by atoms with Gasteiger partial charge in [-0.25, -0.2) is 4.98 Å². The van der Waals surface area contributed by atoms with Gasteiger partial charge in [0.05, 0.1) is 25.0 Å². The van der Waals surface area contributed by atoms with Crippen LogP contribution in [0, 0.1) is 5.41 Å². The molecule has 2 aromatic heterocycles. The second kappa shape index (κ2) is 10.4. The summed E-state index contributed by atoms with van der Waals surface area (Å²) in [6.45, 7) is 1.70. The predicted molar refractivity (Wildman–Crippen MR) is 120 cm³/mol. The van der Waals surface area contributed by atoms with Crippen LogP contribution in [-0.4, -0.2) is 50.1 Å². The number of ether oxygens (including phenoxy) is 1. The Morgan fingerprint density at radius 2 is 1.90 bits per heavy atom. The minimum Gasteiger partial charge on any atom is -0.476 e. The number of aliphatic hydroxyl groups excluding tert-OH is 2. The van der Waals surface area contributed by atoms with Crippen molar-refractivity contribution in [3.63, 3.8) is 0 Å². The van der Waals surface area contributed by atoms with Crippen LogP contribution >= 0.6 is 24.8 Å². The molecular formula is C21H28Cl2N4O3. The molecule has 1 aromatic carbocycles. The van der Waals surface area contributed by atoms with Crippen molar-refractivity contribution in [2.75, 3.05) is 13.2 Å². The molecule has 1 aliphatic carbocycles. The van der Waals surface area contributed by atoms with Crippen molar-refractivity contribution < 1.29 is 14.9 Å². The van der Waals surface area contributed by atoms with Crippen LogP contribution in [0.25, 0.3) is 10.9 Å². The first-order valence-corrected chi connectivity index (χ1v) is 9.55. The van der Waals surface area contributed by atoms with Crippen LogP contribution in [0.4, 0.5) is 0 Å². The van der Waals surface area contributed by atoms with Crippen LogP contribution in [0.3, 0.4) is 0 Å². The van der Waals surface area contributed by atoms with Gasteiger partial charge >= 0.3 is 0 Å². The maximum atomic E-state index is 10.1. The topological polar surface area (TPSA) is 92.4 Å². The summed E-state index contributed by atoms with van der Waals surface area (Å²) in [5.41, 5.74) is 2.06. The van der Waals surface area contributed by atoms with Gasteiger partial charge in [-0.3, -0.25) is 4.98 Å². The molecule has 9 heteroatoms. The van der Waals surface area contributed by atoms with E-state index in [1.807, 2.05) is 19.2 Å². The number of aliphatic hydroxyl groups is 2. The van der Waals surface area contributed by atoms with Gasteiger partial charge in [0.1, 0.15) is 0 Å². The molecule has 1 aliphatic rings. The number of nitrogens with zero attached hydrogens (tertiary/aromatic N) is 3. The fourth-order valence-corrected chi connectivity index (χ4v) is 4.17. The minimum atomic E-state index is -0.732. The van der Waals surface area contributed by atoms with Gasteiger partial charge in [0.25, 0.3) is 0 Å². The first-order chi connectivity index (χ1) is 13.6. The molecule has 3 N–H and O–H groups in total. The number of para-hydroxylation sites is 1. The summed E-state index contributed by atoms with van der Waals surface area (Å²) in [5, 5.41) is 25.0. The molecule has 4 rings (SSSR count). The van der Waals surface area contributed by atoms with Crippen molar-refractivity contribution in [1.29, 1.82) is 0 Å². The molecule has 7 nitrogen and oxygen atoms in total. The van der Waals surface area contributed by atoms with Crippen molar-refractivity contribution >= 4 is 35.7 Å². The summed E-state index contributed by atoms with van der Waals surface area (Å²) in [6, 6.07) is 8.33. The second-order valence-electron chi connectivity index (χ2n) is 7.76. The van der Waals surface area contributed by atoms with E-state index in [9.17, 15) is 10.2 Å². The molecule has 0 amide bonds. The lowest BCUT2D eigenvalue weighted by Crippen LogP contribution is -2.38. The van der Waals surface area contributed by atoms with Crippen molar-refractivity contribution in [3.8, 4) is 5.88 Å². The zero-order chi connectivity index (χ0) is 19.6. The average molecular weight is 455 g/mol. The monoisotopic (exact) mass is 454 g/mol. The van der Waals surface area contributed by atoms with Crippen LogP contribution in [0.15, 0.2) is 49.1 Å². The fraction of sp³-hybridized carbons (Fsp3) is 0.429. The Labute approximate surface area is 188 Å². The summed E-state index contributed by atoms with van der Waals surface area (Å²) in [6.07, 6.45) is 6.39. The smallest absolute Gasteiger partial charge is 0.232 e. The van der Waals surface area contributed by atoms with Crippen molar-refractivity contribution in [2.24, 2.45) is 12.5 Å². The molecule has 3 aromatic rings. The molecule has 0 aliphatic heterocycles. The third-order valence-corrected chi connectivity index (χ3v) is 5.59. The molecule has 1 saturated carbocycles. The van der Waals surface area contributed by atoms with Gasteiger partial charge in [-0.2, -0.15) is 0 Å². The third kappa shape index (κ3) is 5.22. The highest BCUT2D eigenvalue weighted by molar-refractivity contribution is 5.85. The van der Waals surface area contributed by atoms with Crippen LogP contribution in [0.2, 0.25) is 0 Å². The van der Waals surface area contributed by atoms with E-state index < -0.39 is 12.2 Å². The van der Waals surface area contributed by atoms with Gasteiger partial charge in [-0.1, -0.05) is 18.2 Å². The van der Waals surface area contributed by atoms with E-state index in [0.29, 0.717) is 38.4 Å². The number of aromatic nitrogens is 3. The van der Waals surface area contributed by atoms with Crippen molar-refractivity contribution in [1.82, 2.24) is 19.9 Å². The Balaban J connectivity index is 0.00000160. The summed E-state index contributed by atoms with van der Waals surface area (Å²) in [7, 11) is 2.05. The molecule has 0 spiro atoms. The molecule has 0 bridgehead atoms. The number of fused-ring (bicyclic) bond motifs is 1. The largest absolute Gasteiger partial charge is 0.476 e. The average Bonchev–Trinajstić information content (AvgIpc) is 3.18. The lowest BCUT2D eigenvalue weighted by Gasteiger charge is -2.29. The normalized spacial score (nSPS) is 23.0. The SMILES string of the molecule is Cl.Cl.Cn1cc(CNCC2(COc3cnccn3)C[C@@H](O)[C@@H](O)C2)c2ccccc21. The number of halogens is 2. The first-order valence-electron chi connectivity index (χ1n) is 9.55. The molecular weight excluding hydrogens is 427 g/mol. The van der Waals surface area contributed by atoms with E-state index in [4.69, 9.17) is 4.74 Å². The van der Waals surface area contributed by atoms with Crippen LogP contribution < -0.4 is 10.1 Å². The van der Waals surface area contributed by atoms with Crippen LogP contribution in [0.1, 0.15) is 18.4 Å². The van der Waals surface area contributed by atoms with E-state index in [-0.39, 0.29) is 30.2 Å². The molecule has 1 unspecified atom stereocenters. The highest BCUT2D eigenvalue weighted by Crippen LogP contribution is 2.38. The van der Waals surface area contributed by atoms with Gasteiger partial charge < -0.3 is 24.8 Å². The molecule has 0 radical (unpaired) electrons. The standard InChI is InChI=1S/C21H26N4O3.2ClH/c1-25-12-15(16-4-2-3-5-17(16)25)10-23-13-21(8-18(26)19(27)9-21)14-28-20-11-22-6-7-24-20;;/h2-7,11-12,18-19,23,26-27H,8-10,13-14H2,1H3;2*1H/t18-,19+,21?;;. The van der Waals surface area contributed by atoms with Crippen molar-refractivity contribution in [2.45, 2.75) is 31.6 Å². The van der Waals surface area contributed by atoms with Crippen LogP contribution in [-0.2, 0) is 13.6 Å². The molecule has 0 saturated heterocycles. The maximum absolute atomic E-state index is 10.1. The Morgan fingerprint density at radius 1 is 1.17 bits per heavy atom. The fourth-order valence-electron chi connectivity index (χ4n) is 4.17. The van der Waals surface area contributed by atoms with Crippen LogP contribution in [0.5, 0.6) is 5.88 Å². The van der Waals surface area contributed by atoms with Gasteiger partial charge in [0.15, 0.2) is 0 Å². The third-order valence-electron chi connectivity index (χ3n) is 5.59. The molecule has 2 heterocycles. The van der Waals surface area contributed by atoms with Gasteiger partial charge in [0.2, 0.25) is 5.88 Å². The molecule has 3 atom stereocenters. The van der Waals surface area contributed by atoms with E-state index in [1.165, 1.54) is 16.5 Å². The highest BCUT2D eigenvalue weighted by atomic mass is 35.5. The summed E-state index contributed by atoms with van der Waals surface area (Å²) < 4.78 is 7.95. The number of rotatable bonds is 7. The van der Waals surface area contributed by atoms with E-state index in [1.54, 1.807) is 18.6 Å². The van der Waals surface area contributed by atoms with Gasteiger partial charge in [-0.15, -0.1) is 24.8 Å². The summed E-state index contributed by atoms with van der Waals surface area (Å²) >= 11 is 0. The minimum absolute atomic E-state index is 0. The number of hydrogen-bond donors (Lipinski definition) is 3. The number of hydrogen-bond acceptors (Lipinski definition) is 6. The number of nitrogens with one attached hydrogen (secondary N) is 1. The molecule has 164 valence electrons. The quantitative estimate of drug-likeness (QED) is 0.507. The Morgan fingerprint density at radius 3 is 2.60 bits per heavy atom. The zero-order valence-corrected chi connectivity index (χ0v) is 18.4. The Kier molecular flexibility index (Phi) is 8.46. The lowest BCUT2D eigenvalue weighted by molar-refractivity contribution is 0.0438. The molecule has 30 heavy (non-hydrogen) atoms. The van der Waals surface area contributed by atoms with E-state index in [0.717, 1.165) is 0 Å².